The first-order valence-electron chi connectivity index (χ1n) is 14.0. The van der Waals surface area contributed by atoms with E-state index < -0.39 is 11.5 Å². The summed E-state index contributed by atoms with van der Waals surface area (Å²) in [6.07, 6.45) is 10.2. The van der Waals surface area contributed by atoms with Crippen molar-refractivity contribution < 1.29 is 20.1 Å². The van der Waals surface area contributed by atoms with E-state index in [4.69, 9.17) is 0 Å². The number of aliphatic hydroxyl groups excluding tert-OH is 3. The Bertz CT molecular complexity index is 892. The van der Waals surface area contributed by atoms with Crippen LogP contribution in [0.5, 0.6) is 0 Å². The van der Waals surface area contributed by atoms with Gasteiger partial charge in [0.05, 0.1) is 18.8 Å². The minimum absolute atomic E-state index is 0.0534. The molecule has 5 aliphatic carbocycles. The molecule has 0 aliphatic heterocycles. The molecule has 192 valence electrons. The first kappa shape index (κ1) is 25.0. The quantitative estimate of drug-likeness (QED) is 0.484. The first-order valence-corrected chi connectivity index (χ1v) is 14.0. The van der Waals surface area contributed by atoms with Gasteiger partial charge in [-0.2, -0.15) is 0 Å². The van der Waals surface area contributed by atoms with Crippen molar-refractivity contribution >= 4 is 5.78 Å². The van der Waals surface area contributed by atoms with Crippen LogP contribution in [0.15, 0.2) is 11.6 Å². The lowest BCUT2D eigenvalue weighted by atomic mass is 9.42. The van der Waals surface area contributed by atoms with Crippen molar-refractivity contribution in [3.05, 3.63) is 11.6 Å². The van der Waals surface area contributed by atoms with Crippen molar-refractivity contribution in [1.29, 1.82) is 0 Å². The average Bonchev–Trinajstić information content (AvgIpc) is 2.91. The molecule has 0 aromatic carbocycles. The Labute approximate surface area is 206 Å². The first-order chi connectivity index (χ1) is 15.7. The smallest absolute Gasteiger partial charge is 0.160 e. The molecule has 0 bridgehead atoms. The number of hydrogen-bond acceptors (Lipinski definition) is 4. The van der Waals surface area contributed by atoms with Crippen molar-refractivity contribution in [3.63, 3.8) is 0 Å². The van der Waals surface area contributed by atoms with Gasteiger partial charge in [0.1, 0.15) is 0 Å². The van der Waals surface area contributed by atoms with E-state index in [1.165, 1.54) is 18.4 Å². The third kappa shape index (κ3) is 3.10. The lowest BCUT2D eigenvalue weighted by Crippen LogP contribution is -2.60. The highest BCUT2D eigenvalue weighted by molar-refractivity contribution is 5.95. The molecule has 34 heavy (non-hydrogen) atoms. The number of carbonyl (C=O) groups is 1. The van der Waals surface area contributed by atoms with Gasteiger partial charge < -0.3 is 15.3 Å². The summed E-state index contributed by atoms with van der Waals surface area (Å²) in [6, 6.07) is 0. The van der Waals surface area contributed by atoms with E-state index in [2.05, 4.69) is 34.6 Å². The van der Waals surface area contributed by atoms with Crippen LogP contribution in [-0.4, -0.2) is 39.9 Å². The largest absolute Gasteiger partial charge is 0.396 e. The summed E-state index contributed by atoms with van der Waals surface area (Å²) in [4.78, 5) is 13.7. The summed E-state index contributed by atoms with van der Waals surface area (Å²) >= 11 is 0. The third-order valence-corrected chi connectivity index (χ3v) is 12.7. The van der Waals surface area contributed by atoms with Crippen LogP contribution in [0.1, 0.15) is 99.3 Å². The molecule has 0 unspecified atom stereocenters. The summed E-state index contributed by atoms with van der Waals surface area (Å²) in [7, 11) is 0. The molecule has 4 heteroatoms. The second-order valence-corrected chi connectivity index (χ2v) is 14.8. The number of fused-ring (bicyclic) bond motifs is 6. The minimum atomic E-state index is -0.768. The molecule has 4 fully saturated rings. The fraction of sp³-hybridized carbons (Fsp3) is 0.900. The highest BCUT2D eigenvalue weighted by Gasteiger charge is 2.64. The topological polar surface area (TPSA) is 77.8 Å². The normalized spacial score (nSPS) is 54.6. The van der Waals surface area contributed by atoms with Gasteiger partial charge in [-0.05, 0) is 103 Å². The van der Waals surface area contributed by atoms with Gasteiger partial charge in [-0.25, -0.2) is 0 Å². The van der Waals surface area contributed by atoms with Crippen molar-refractivity contribution in [2.75, 3.05) is 6.61 Å². The van der Waals surface area contributed by atoms with E-state index >= 15 is 0 Å². The SMILES string of the molecule is CC1(C)[C@H](O)CC[C@@]2(C)[C@H]1CC[C@@]1(C)CC3=CC(=O)[C@H]4[C@](C)(CO)[C@H](O)CC[C@]4(C)[C@@H]3CC[C@@H]12. The number of hydrogen-bond donors (Lipinski definition) is 3. The van der Waals surface area contributed by atoms with E-state index in [9.17, 15) is 20.1 Å². The molecule has 0 radical (unpaired) electrons. The second kappa shape index (κ2) is 7.65. The zero-order valence-electron chi connectivity index (χ0n) is 22.4. The van der Waals surface area contributed by atoms with Crippen LogP contribution >= 0.6 is 0 Å². The Hall–Kier alpha value is -0.710. The number of carbonyl (C=O) groups excluding carboxylic acids is 1. The van der Waals surface area contributed by atoms with Gasteiger partial charge in [0.25, 0.3) is 0 Å². The fourth-order valence-electron chi connectivity index (χ4n) is 10.9. The lowest BCUT2D eigenvalue weighted by Gasteiger charge is -2.63. The van der Waals surface area contributed by atoms with Crippen LogP contribution in [0.25, 0.3) is 0 Å². The van der Waals surface area contributed by atoms with Gasteiger partial charge in [0.2, 0.25) is 0 Å². The van der Waals surface area contributed by atoms with Crippen LogP contribution in [0.2, 0.25) is 0 Å². The van der Waals surface area contributed by atoms with E-state index in [0.717, 1.165) is 38.5 Å². The molecular formula is C30H48O4. The van der Waals surface area contributed by atoms with E-state index in [1.807, 2.05) is 13.0 Å². The maximum Gasteiger partial charge on any atom is 0.160 e. The summed E-state index contributed by atoms with van der Waals surface area (Å²) in [5, 5.41) is 32.0. The summed E-state index contributed by atoms with van der Waals surface area (Å²) < 4.78 is 0. The minimum Gasteiger partial charge on any atom is -0.396 e. The zero-order valence-corrected chi connectivity index (χ0v) is 22.4. The molecule has 0 saturated heterocycles. The van der Waals surface area contributed by atoms with E-state index in [0.29, 0.717) is 24.2 Å². The Morgan fingerprint density at radius 1 is 0.824 bits per heavy atom. The van der Waals surface area contributed by atoms with Crippen LogP contribution in [0, 0.1) is 50.7 Å². The predicted octanol–water partition coefficient (Wildman–Crippen LogP) is 5.29. The molecule has 5 aliphatic rings. The molecule has 4 saturated carbocycles. The molecule has 0 aromatic rings. The number of ketones is 1. The summed E-state index contributed by atoms with van der Waals surface area (Å²) in [5.41, 5.74) is 0.725. The van der Waals surface area contributed by atoms with E-state index in [-0.39, 0.29) is 46.1 Å². The summed E-state index contributed by atoms with van der Waals surface area (Å²) in [5.74, 6) is 1.28. The van der Waals surface area contributed by atoms with Gasteiger partial charge in [-0.1, -0.05) is 47.1 Å². The van der Waals surface area contributed by atoms with Gasteiger partial charge in [0, 0.05) is 11.3 Å². The average molecular weight is 473 g/mol. The van der Waals surface area contributed by atoms with Crippen molar-refractivity contribution in [2.24, 2.45) is 50.7 Å². The van der Waals surface area contributed by atoms with Crippen molar-refractivity contribution in [1.82, 2.24) is 0 Å². The van der Waals surface area contributed by atoms with Crippen LogP contribution in [-0.2, 0) is 4.79 Å². The molecule has 5 rings (SSSR count). The van der Waals surface area contributed by atoms with Crippen molar-refractivity contribution in [3.8, 4) is 0 Å². The molecule has 4 nitrogen and oxygen atoms in total. The number of aliphatic hydroxyl groups is 3. The van der Waals surface area contributed by atoms with Crippen LogP contribution in [0.4, 0.5) is 0 Å². The Balaban J connectivity index is 1.54. The predicted molar refractivity (Wildman–Crippen MR) is 134 cm³/mol. The molecule has 0 amide bonds. The molecule has 0 heterocycles. The second-order valence-electron chi connectivity index (χ2n) is 14.8. The highest BCUT2D eigenvalue weighted by atomic mass is 16.3. The Morgan fingerprint density at radius 3 is 2.15 bits per heavy atom. The molecule has 10 atom stereocenters. The van der Waals surface area contributed by atoms with Gasteiger partial charge in [-0.3, -0.25) is 4.79 Å². The Kier molecular flexibility index (Phi) is 5.62. The maximum atomic E-state index is 13.7. The standard InChI is InChI=1S/C30H48O4/c1-26(2)21-9-12-27(3)16-18-15-20(32)25-28(4,13-11-24(34)30(25,6)17-31)19(18)7-8-22(27)29(21,5)14-10-23(26)33/h15,19,21-25,31,33-34H,7-14,16-17H2,1-6H3/t19-,21+,22+,23-,24-,25-,27+,28-,29+,30-/m1/s1. The van der Waals surface area contributed by atoms with E-state index in [1.54, 1.807) is 0 Å². The lowest BCUT2D eigenvalue weighted by molar-refractivity contribution is -0.171. The number of allylic oxidation sites excluding steroid dienone is 2. The monoisotopic (exact) mass is 472 g/mol. The maximum absolute atomic E-state index is 13.7. The molecule has 0 aromatic heterocycles. The van der Waals surface area contributed by atoms with Crippen LogP contribution < -0.4 is 0 Å². The van der Waals surface area contributed by atoms with Gasteiger partial charge in [-0.15, -0.1) is 0 Å². The van der Waals surface area contributed by atoms with Gasteiger partial charge >= 0.3 is 0 Å². The highest BCUT2D eigenvalue weighted by Crippen LogP contribution is 2.70. The third-order valence-electron chi connectivity index (χ3n) is 12.7. The Morgan fingerprint density at radius 2 is 1.47 bits per heavy atom. The zero-order chi connectivity index (χ0) is 24.9. The molecule has 3 N–H and O–H groups in total. The molecule has 0 spiro atoms. The van der Waals surface area contributed by atoms with Gasteiger partial charge in [0.15, 0.2) is 5.78 Å². The summed E-state index contributed by atoms with van der Waals surface area (Å²) in [6.45, 7) is 13.6. The van der Waals surface area contributed by atoms with Crippen LogP contribution in [0.3, 0.4) is 0 Å². The van der Waals surface area contributed by atoms with Crippen molar-refractivity contribution in [2.45, 2.75) is 112 Å². The molecular weight excluding hydrogens is 424 g/mol. The fourth-order valence-corrected chi connectivity index (χ4v) is 10.9. The number of rotatable bonds is 1.